The summed E-state index contributed by atoms with van der Waals surface area (Å²) in [7, 11) is 0. The molecule has 3 rings (SSSR count). The molecule has 1 unspecified atom stereocenters. The Hall–Kier alpha value is -1.23. The van der Waals surface area contributed by atoms with E-state index in [1.165, 1.54) is 25.3 Å². The van der Waals surface area contributed by atoms with E-state index in [4.69, 9.17) is 4.74 Å². The number of benzene rings is 1. The average Bonchev–Trinajstić information content (AvgIpc) is 2.69. The van der Waals surface area contributed by atoms with Gasteiger partial charge in [0.25, 0.3) is 0 Å². The zero-order chi connectivity index (χ0) is 18.5. The molecule has 1 aromatic carbocycles. The minimum Gasteiger partial charge on any atom is -0.488 e. The molecule has 0 saturated heterocycles. The molecule has 2 nitrogen and oxygen atoms in total. The molecule has 5 heteroatoms. The predicted molar refractivity (Wildman–Crippen MR) is 95.1 cm³/mol. The van der Waals surface area contributed by atoms with Crippen molar-refractivity contribution < 1.29 is 23.0 Å². The molecule has 0 aliphatic heterocycles. The van der Waals surface area contributed by atoms with Crippen LogP contribution in [0.25, 0.3) is 0 Å². The van der Waals surface area contributed by atoms with E-state index >= 15 is 0 Å². The van der Waals surface area contributed by atoms with E-state index in [2.05, 4.69) is 0 Å². The summed E-state index contributed by atoms with van der Waals surface area (Å²) in [5.41, 5.74) is 0.376. The molecule has 0 bridgehead atoms. The third kappa shape index (κ3) is 4.36. The number of aliphatic hydroxyl groups is 1. The first-order valence-electron chi connectivity index (χ1n) is 9.96. The Bertz CT molecular complexity index is 579. The van der Waals surface area contributed by atoms with Crippen molar-refractivity contribution in [3.05, 3.63) is 29.3 Å². The topological polar surface area (TPSA) is 29.5 Å². The van der Waals surface area contributed by atoms with Crippen LogP contribution in [0.15, 0.2) is 12.1 Å². The molecular weight excluding hydrogens is 341 g/mol. The van der Waals surface area contributed by atoms with Crippen molar-refractivity contribution in [1.29, 1.82) is 0 Å². The van der Waals surface area contributed by atoms with Crippen LogP contribution in [0, 0.1) is 23.5 Å². The van der Waals surface area contributed by atoms with Crippen LogP contribution in [0.5, 0.6) is 5.75 Å². The molecule has 146 valence electrons. The minimum atomic E-state index is -1.03. The zero-order valence-corrected chi connectivity index (χ0v) is 15.2. The van der Waals surface area contributed by atoms with E-state index in [1.54, 1.807) is 6.07 Å². The van der Waals surface area contributed by atoms with Gasteiger partial charge >= 0.3 is 0 Å². The van der Waals surface area contributed by atoms with Gasteiger partial charge in [0.15, 0.2) is 11.6 Å². The fourth-order valence-corrected chi connectivity index (χ4v) is 4.75. The predicted octanol–water partition coefficient (Wildman–Crippen LogP) is 5.53. The molecule has 1 atom stereocenters. The molecule has 2 aliphatic carbocycles. The van der Waals surface area contributed by atoms with E-state index in [1.807, 2.05) is 0 Å². The van der Waals surface area contributed by atoms with E-state index < -0.39 is 18.3 Å². The summed E-state index contributed by atoms with van der Waals surface area (Å²) in [5, 5.41) is 10.7. The Morgan fingerprint density at radius 1 is 0.923 bits per heavy atom. The lowest BCUT2D eigenvalue weighted by Gasteiger charge is -2.36. The second-order valence-corrected chi connectivity index (χ2v) is 7.82. The van der Waals surface area contributed by atoms with Crippen molar-refractivity contribution in [3.63, 3.8) is 0 Å². The number of hydrogen-bond acceptors (Lipinski definition) is 2. The highest BCUT2D eigenvalue weighted by Crippen LogP contribution is 2.42. The maximum absolute atomic E-state index is 14.4. The summed E-state index contributed by atoms with van der Waals surface area (Å²) in [6.45, 7) is -1.02. The minimum absolute atomic E-state index is 0.0328. The van der Waals surface area contributed by atoms with Crippen molar-refractivity contribution in [2.45, 2.75) is 69.8 Å². The van der Waals surface area contributed by atoms with Crippen LogP contribution in [0.2, 0.25) is 0 Å². The highest BCUT2D eigenvalue weighted by Gasteiger charge is 2.33. The molecular formula is C21H29F3O2. The first-order valence-corrected chi connectivity index (χ1v) is 9.96. The van der Waals surface area contributed by atoms with Gasteiger partial charge in [-0.05, 0) is 67.9 Å². The van der Waals surface area contributed by atoms with Crippen LogP contribution in [0.1, 0.15) is 69.3 Å². The largest absolute Gasteiger partial charge is 0.488 e. The Morgan fingerprint density at radius 2 is 1.58 bits per heavy atom. The molecule has 2 aliphatic rings. The fraction of sp³-hybridized carbons (Fsp3) is 0.714. The Balaban J connectivity index is 1.60. The summed E-state index contributed by atoms with van der Waals surface area (Å²) in [6, 6.07) is 2.96. The monoisotopic (exact) mass is 370 g/mol. The third-order valence-electron chi connectivity index (χ3n) is 6.24. The molecule has 1 aromatic rings. The van der Waals surface area contributed by atoms with Gasteiger partial charge in [-0.1, -0.05) is 25.3 Å². The first kappa shape index (κ1) is 19.5. The number of rotatable bonds is 6. The van der Waals surface area contributed by atoms with Crippen molar-refractivity contribution in [2.24, 2.45) is 11.8 Å². The molecule has 2 fully saturated rings. The average molecular weight is 370 g/mol. The lowest BCUT2D eigenvalue weighted by Crippen LogP contribution is -2.33. The normalized spacial score (nSPS) is 25.8. The molecule has 2 saturated carbocycles. The second-order valence-electron chi connectivity index (χ2n) is 7.82. The van der Waals surface area contributed by atoms with Gasteiger partial charge < -0.3 is 9.84 Å². The first-order chi connectivity index (χ1) is 12.6. The van der Waals surface area contributed by atoms with Gasteiger partial charge in [-0.15, -0.1) is 0 Å². The zero-order valence-electron chi connectivity index (χ0n) is 15.2. The Labute approximate surface area is 153 Å². The summed E-state index contributed by atoms with van der Waals surface area (Å²) < 4.78 is 45.6. The number of alkyl halides is 1. The van der Waals surface area contributed by atoms with Gasteiger partial charge in [0.2, 0.25) is 5.82 Å². The molecule has 0 spiro atoms. The van der Waals surface area contributed by atoms with Crippen LogP contribution >= 0.6 is 0 Å². The maximum atomic E-state index is 14.4. The number of hydrogen-bond donors (Lipinski definition) is 1. The standard InChI is InChI=1S/C21H29F3O2/c22-12-13-26-18-11-10-17(19(23)20(18)24)14-6-8-16(9-7-14)21(25)15-4-2-1-3-5-15/h10-11,14-16,21,25H,1-9,12-13H2. The summed E-state index contributed by atoms with van der Waals surface area (Å²) >= 11 is 0. The smallest absolute Gasteiger partial charge is 0.200 e. The van der Waals surface area contributed by atoms with Gasteiger partial charge in [0.05, 0.1) is 6.10 Å². The maximum Gasteiger partial charge on any atom is 0.200 e. The second kappa shape index (κ2) is 9.12. The van der Waals surface area contributed by atoms with Gasteiger partial charge in [-0.2, -0.15) is 4.39 Å². The molecule has 0 amide bonds. The third-order valence-corrected chi connectivity index (χ3v) is 6.24. The SMILES string of the molecule is OC(C1CCCCC1)C1CCC(c2ccc(OCCF)c(F)c2F)CC1. The fourth-order valence-electron chi connectivity index (χ4n) is 4.75. The van der Waals surface area contributed by atoms with Crippen molar-refractivity contribution in [3.8, 4) is 5.75 Å². The molecule has 26 heavy (non-hydrogen) atoms. The van der Waals surface area contributed by atoms with Crippen LogP contribution in [0.3, 0.4) is 0 Å². The van der Waals surface area contributed by atoms with Gasteiger partial charge in [0, 0.05) is 0 Å². The summed E-state index contributed by atoms with van der Waals surface area (Å²) in [4.78, 5) is 0. The van der Waals surface area contributed by atoms with Gasteiger partial charge in [-0.25, -0.2) is 8.78 Å². The van der Waals surface area contributed by atoms with Crippen molar-refractivity contribution >= 4 is 0 Å². The molecule has 0 heterocycles. The highest BCUT2D eigenvalue weighted by molar-refractivity contribution is 5.33. The number of halogens is 3. The van der Waals surface area contributed by atoms with Crippen LogP contribution in [-0.4, -0.2) is 24.5 Å². The molecule has 0 radical (unpaired) electrons. The summed E-state index contributed by atoms with van der Waals surface area (Å²) in [6.07, 6.45) is 8.87. The molecule has 0 aromatic heterocycles. The quantitative estimate of drug-likeness (QED) is 0.714. The lowest BCUT2D eigenvalue weighted by molar-refractivity contribution is 0.0162. The van der Waals surface area contributed by atoms with E-state index in [0.29, 0.717) is 11.5 Å². The van der Waals surface area contributed by atoms with Crippen LogP contribution in [-0.2, 0) is 0 Å². The Kier molecular flexibility index (Phi) is 6.85. The number of ether oxygens (including phenoxy) is 1. The summed E-state index contributed by atoms with van der Waals surface area (Å²) in [5.74, 6) is -1.49. The van der Waals surface area contributed by atoms with Crippen molar-refractivity contribution in [1.82, 2.24) is 0 Å². The van der Waals surface area contributed by atoms with Crippen LogP contribution in [0.4, 0.5) is 13.2 Å². The lowest BCUT2D eigenvalue weighted by atomic mass is 9.72. The Morgan fingerprint density at radius 3 is 2.23 bits per heavy atom. The highest BCUT2D eigenvalue weighted by atomic mass is 19.2. The van der Waals surface area contributed by atoms with Crippen molar-refractivity contribution in [2.75, 3.05) is 13.3 Å². The van der Waals surface area contributed by atoms with Crippen LogP contribution < -0.4 is 4.74 Å². The van der Waals surface area contributed by atoms with Gasteiger partial charge in [0.1, 0.15) is 13.3 Å². The van der Waals surface area contributed by atoms with E-state index in [9.17, 15) is 18.3 Å². The van der Waals surface area contributed by atoms with E-state index in [-0.39, 0.29) is 30.3 Å². The van der Waals surface area contributed by atoms with E-state index in [0.717, 1.165) is 38.5 Å². The molecule has 1 N–H and O–H groups in total. The van der Waals surface area contributed by atoms with Gasteiger partial charge in [-0.3, -0.25) is 0 Å². The number of aliphatic hydroxyl groups excluding tert-OH is 1.